The quantitative estimate of drug-likeness (QED) is 0.843. The molecule has 110 valence electrons. The van der Waals surface area contributed by atoms with Gasteiger partial charge in [0, 0.05) is 31.2 Å². The summed E-state index contributed by atoms with van der Waals surface area (Å²) >= 11 is 0. The largest absolute Gasteiger partial charge is 0.311 e. The van der Waals surface area contributed by atoms with E-state index in [1.807, 2.05) is 0 Å². The molecule has 1 saturated heterocycles. The second-order valence-electron chi connectivity index (χ2n) is 7.15. The van der Waals surface area contributed by atoms with Crippen LogP contribution in [0.4, 0.5) is 4.39 Å². The first kappa shape index (κ1) is 13.8. The molecule has 1 heterocycles. The second-order valence-corrected chi connectivity index (χ2v) is 7.15. The Morgan fingerprint density at radius 3 is 2.53 bits per heavy atom. The molecule has 3 fully saturated rings. The molecular formula is C16H29FN2. The molecule has 0 aromatic rings. The van der Waals surface area contributed by atoms with E-state index in [4.69, 9.17) is 0 Å². The lowest BCUT2D eigenvalue weighted by atomic mass is 9.80. The van der Waals surface area contributed by atoms with Crippen molar-refractivity contribution in [1.29, 1.82) is 0 Å². The van der Waals surface area contributed by atoms with Crippen molar-refractivity contribution in [1.82, 2.24) is 10.2 Å². The summed E-state index contributed by atoms with van der Waals surface area (Å²) in [7, 11) is 0. The molecule has 0 spiro atoms. The van der Waals surface area contributed by atoms with Crippen molar-refractivity contribution in [3.05, 3.63) is 0 Å². The molecule has 0 radical (unpaired) electrons. The van der Waals surface area contributed by atoms with Crippen molar-refractivity contribution in [2.45, 2.75) is 63.5 Å². The van der Waals surface area contributed by atoms with Gasteiger partial charge in [-0.05, 0) is 44.4 Å². The van der Waals surface area contributed by atoms with Gasteiger partial charge in [-0.3, -0.25) is 4.90 Å². The maximum Gasteiger partial charge on any atom is 0.102 e. The van der Waals surface area contributed by atoms with E-state index in [1.54, 1.807) is 0 Å². The Kier molecular flexibility index (Phi) is 4.14. The zero-order chi connectivity index (χ0) is 13.3. The summed E-state index contributed by atoms with van der Waals surface area (Å²) in [5.74, 6) is 1.64. The summed E-state index contributed by atoms with van der Waals surface area (Å²) < 4.78 is 12.9. The summed E-state index contributed by atoms with van der Waals surface area (Å²) in [6.07, 6.45) is 9.64. The van der Waals surface area contributed by atoms with Crippen LogP contribution in [-0.4, -0.2) is 42.8 Å². The second kappa shape index (κ2) is 5.69. The number of halogens is 1. The van der Waals surface area contributed by atoms with Gasteiger partial charge in [0.05, 0.1) is 0 Å². The van der Waals surface area contributed by atoms with Crippen molar-refractivity contribution in [2.75, 3.05) is 26.3 Å². The summed E-state index contributed by atoms with van der Waals surface area (Å²) in [4.78, 5) is 2.47. The molecule has 2 saturated carbocycles. The minimum Gasteiger partial charge on any atom is -0.311 e. The third-order valence-corrected chi connectivity index (χ3v) is 5.89. The van der Waals surface area contributed by atoms with Crippen LogP contribution in [0.25, 0.3) is 0 Å². The molecular weight excluding hydrogens is 239 g/mol. The number of hydrogen-bond acceptors (Lipinski definition) is 2. The average Bonchev–Trinajstić information content (AvgIpc) is 3.27. The molecule has 0 bridgehead atoms. The van der Waals surface area contributed by atoms with Crippen LogP contribution in [0.3, 0.4) is 0 Å². The third kappa shape index (κ3) is 2.82. The van der Waals surface area contributed by atoms with E-state index in [9.17, 15) is 4.39 Å². The molecule has 2 unspecified atom stereocenters. The van der Waals surface area contributed by atoms with Crippen LogP contribution in [0.5, 0.6) is 0 Å². The van der Waals surface area contributed by atoms with Crippen molar-refractivity contribution < 1.29 is 4.39 Å². The van der Waals surface area contributed by atoms with Crippen molar-refractivity contribution in [3.63, 3.8) is 0 Å². The third-order valence-electron chi connectivity index (χ3n) is 5.89. The Morgan fingerprint density at radius 2 is 1.89 bits per heavy atom. The highest BCUT2D eigenvalue weighted by Crippen LogP contribution is 2.44. The molecule has 0 aromatic heterocycles. The van der Waals surface area contributed by atoms with Gasteiger partial charge in [-0.2, -0.15) is 0 Å². The number of alkyl halides is 1. The Labute approximate surface area is 117 Å². The minimum absolute atomic E-state index is 0.195. The van der Waals surface area contributed by atoms with E-state index in [2.05, 4.69) is 17.1 Å². The molecule has 2 atom stereocenters. The fourth-order valence-corrected chi connectivity index (χ4v) is 4.37. The predicted molar refractivity (Wildman–Crippen MR) is 77.0 cm³/mol. The predicted octanol–water partition coefficient (Wildman–Crippen LogP) is 2.98. The van der Waals surface area contributed by atoms with Crippen LogP contribution in [-0.2, 0) is 0 Å². The van der Waals surface area contributed by atoms with E-state index in [1.165, 1.54) is 44.9 Å². The Bertz CT molecular complexity index is 299. The fourth-order valence-electron chi connectivity index (χ4n) is 4.37. The summed E-state index contributed by atoms with van der Waals surface area (Å²) in [5, 5.41) is 3.83. The van der Waals surface area contributed by atoms with Crippen molar-refractivity contribution in [2.24, 2.45) is 11.8 Å². The van der Waals surface area contributed by atoms with E-state index in [0.29, 0.717) is 12.6 Å². The minimum atomic E-state index is -0.195. The smallest absolute Gasteiger partial charge is 0.102 e. The number of hydrogen-bond donors (Lipinski definition) is 1. The first-order valence-electron chi connectivity index (χ1n) is 8.28. The SMILES string of the molecule is CC1(C2CC2)CNC(C2CCCCC2)CN1CCF. The van der Waals surface area contributed by atoms with Gasteiger partial charge >= 0.3 is 0 Å². The Balaban J connectivity index is 1.64. The van der Waals surface area contributed by atoms with Crippen LogP contribution in [0.15, 0.2) is 0 Å². The molecule has 0 amide bonds. The molecule has 2 nitrogen and oxygen atoms in total. The zero-order valence-corrected chi connectivity index (χ0v) is 12.3. The maximum absolute atomic E-state index is 12.9. The fraction of sp³-hybridized carbons (Fsp3) is 1.00. The summed E-state index contributed by atoms with van der Waals surface area (Å²) in [6, 6.07) is 0.610. The number of nitrogens with zero attached hydrogens (tertiary/aromatic N) is 1. The average molecular weight is 268 g/mol. The van der Waals surface area contributed by atoms with Crippen molar-refractivity contribution in [3.8, 4) is 0 Å². The highest BCUT2D eigenvalue weighted by Gasteiger charge is 2.48. The summed E-state index contributed by atoms with van der Waals surface area (Å²) in [6.45, 7) is 4.93. The van der Waals surface area contributed by atoms with Crippen LogP contribution < -0.4 is 5.32 Å². The van der Waals surface area contributed by atoms with Crippen molar-refractivity contribution >= 4 is 0 Å². The first-order chi connectivity index (χ1) is 9.24. The van der Waals surface area contributed by atoms with Gasteiger partial charge in [0.1, 0.15) is 6.67 Å². The molecule has 3 rings (SSSR count). The maximum atomic E-state index is 12.9. The van der Waals surface area contributed by atoms with Gasteiger partial charge in [0.15, 0.2) is 0 Å². The van der Waals surface area contributed by atoms with E-state index < -0.39 is 0 Å². The van der Waals surface area contributed by atoms with E-state index in [0.717, 1.165) is 24.9 Å². The van der Waals surface area contributed by atoms with Gasteiger partial charge in [-0.25, -0.2) is 4.39 Å². The van der Waals surface area contributed by atoms with E-state index in [-0.39, 0.29) is 12.2 Å². The van der Waals surface area contributed by atoms with Crippen LogP contribution >= 0.6 is 0 Å². The highest BCUT2D eigenvalue weighted by molar-refractivity contribution is 5.05. The van der Waals surface area contributed by atoms with Crippen LogP contribution in [0, 0.1) is 11.8 Å². The lowest BCUT2D eigenvalue weighted by Crippen LogP contribution is -2.66. The van der Waals surface area contributed by atoms with Crippen LogP contribution in [0.1, 0.15) is 51.9 Å². The molecule has 19 heavy (non-hydrogen) atoms. The number of nitrogens with one attached hydrogen (secondary N) is 1. The van der Waals surface area contributed by atoms with E-state index >= 15 is 0 Å². The number of piperazine rings is 1. The molecule has 1 aliphatic heterocycles. The molecule has 3 aliphatic rings. The van der Waals surface area contributed by atoms with Gasteiger partial charge in [-0.1, -0.05) is 19.3 Å². The highest BCUT2D eigenvalue weighted by atomic mass is 19.1. The zero-order valence-electron chi connectivity index (χ0n) is 12.3. The van der Waals surface area contributed by atoms with Gasteiger partial charge in [0.2, 0.25) is 0 Å². The Morgan fingerprint density at radius 1 is 1.16 bits per heavy atom. The monoisotopic (exact) mass is 268 g/mol. The lowest BCUT2D eigenvalue weighted by molar-refractivity contribution is 0.0136. The molecule has 0 aromatic carbocycles. The van der Waals surface area contributed by atoms with Crippen LogP contribution in [0.2, 0.25) is 0 Å². The first-order valence-corrected chi connectivity index (χ1v) is 8.28. The lowest BCUT2D eigenvalue weighted by Gasteiger charge is -2.50. The normalized spacial score (nSPS) is 38.5. The standard InChI is InChI=1S/C16H29FN2/c1-16(14-7-8-14)12-18-15(11-19(16)10-9-17)13-5-3-2-4-6-13/h13-15,18H,2-12H2,1H3. The van der Waals surface area contributed by atoms with Gasteiger partial charge in [0.25, 0.3) is 0 Å². The van der Waals surface area contributed by atoms with Gasteiger partial charge < -0.3 is 5.32 Å². The summed E-state index contributed by atoms with van der Waals surface area (Å²) in [5.41, 5.74) is 0.220. The Hall–Kier alpha value is -0.150. The molecule has 3 heteroatoms. The molecule has 2 aliphatic carbocycles. The van der Waals surface area contributed by atoms with Gasteiger partial charge in [-0.15, -0.1) is 0 Å². The number of rotatable bonds is 4. The molecule has 1 N–H and O–H groups in total. The topological polar surface area (TPSA) is 15.3 Å².